The molecule has 2 N–H and O–H groups in total. The van der Waals surface area contributed by atoms with Crippen LogP contribution in [0.5, 0.6) is 0 Å². The van der Waals surface area contributed by atoms with E-state index in [4.69, 9.17) is 9.47 Å². The molecule has 0 aliphatic carbocycles. The average molecular weight is 364 g/mol. The molecule has 0 atom stereocenters. The first-order valence-corrected chi connectivity index (χ1v) is 8.79. The summed E-state index contributed by atoms with van der Waals surface area (Å²) in [6, 6.07) is 3.32. The number of carbonyl (C=O) groups excluding carboxylic acids is 1. The van der Waals surface area contributed by atoms with Gasteiger partial charge in [-0.15, -0.1) is 0 Å². The predicted molar refractivity (Wildman–Crippen MR) is 98.7 cm³/mol. The number of rotatable bonds is 6. The fraction of sp³-hybridized carbons (Fsp3) is 0.579. The zero-order valence-electron chi connectivity index (χ0n) is 15.9. The highest BCUT2D eigenvalue weighted by atomic mass is 16.6. The highest BCUT2D eigenvalue weighted by molar-refractivity contribution is 5.89. The molecule has 0 bridgehead atoms. The van der Waals surface area contributed by atoms with Crippen LogP contribution in [0.25, 0.3) is 0 Å². The van der Waals surface area contributed by atoms with Crippen LogP contribution in [-0.2, 0) is 20.9 Å². The van der Waals surface area contributed by atoms with Gasteiger partial charge in [-0.05, 0) is 51.0 Å². The van der Waals surface area contributed by atoms with Crippen LogP contribution in [0.1, 0.15) is 42.3 Å². The van der Waals surface area contributed by atoms with Gasteiger partial charge in [0.15, 0.2) is 0 Å². The molecule has 1 aliphatic heterocycles. The van der Waals surface area contributed by atoms with Crippen molar-refractivity contribution >= 4 is 17.6 Å². The molecular weight excluding hydrogens is 336 g/mol. The summed E-state index contributed by atoms with van der Waals surface area (Å²) in [5.41, 5.74) is 2.31. The fourth-order valence-electron chi connectivity index (χ4n) is 2.88. The second-order valence-corrected chi connectivity index (χ2v) is 7.40. The van der Waals surface area contributed by atoms with Gasteiger partial charge in [-0.1, -0.05) is 0 Å². The Kier molecular flexibility index (Phi) is 6.61. The van der Waals surface area contributed by atoms with E-state index in [2.05, 4.69) is 10.2 Å². The van der Waals surface area contributed by atoms with Gasteiger partial charge < -0.3 is 24.8 Å². The second-order valence-electron chi connectivity index (χ2n) is 7.40. The Bertz CT molecular complexity index is 661. The van der Waals surface area contributed by atoms with Gasteiger partial charge in [-0.25, -0.2) is 9.59 Å². The first-order valence-electron chi connectivity index (χ1n) is 8.79. The van der Waals surface area contributed by atoms with Crippen molar-refractivity contribution in [2.75, 3.05) is 37.7 Å². The van der Waals surface area contributed by atoms with Crippen LogP contribution >= 0.6 is 0 Å². The first-order chi connectivity index (χ1) is 12.2. The molecule has 0 aromatic heterocycles. The molecule has 144 valence electrons. The van der Waals surface area contributed by atoms with E-state index in [-0.39, 0.29) is 18.8 Å². The number of esters is 1. The number of benzene rings is 1. The number of nitrogens with zero attached hydrogens (tertiary/aromatic N) is 1. The number of aromatic carboxylic acids is 1. The van der Waals surface area contributed by atoms with Gasteiger partial charge in [0.1, 0.15) is 12.2 Å². The van der Waals surface area contributed by atoms with Gasteiger partial charge in [-0.2, -0.15) is 0 Å². The van der Waals surface area contributed by atoms with Crippen molar-refractivity contribution in [3.63, 3.8) is 0 Å². The average Bonchev–Trinajstić information content (AvgIpc) is 2.55. The third kappa shape index (κ3) is 5.71. The highest BCUT2D eigenvalue weighted by Crippen LogP contribution is 2.27. The number of piperazine rings is 1. The Balaban J connectivity index is 2.12. The number of nitrogens with one attached hydrogen (secondary N) is 1. The molecule has 0 saturated carbocycles. The number of carboxylic acid groups (broad SMARTS) is 1. The third-order valence-electron chi connectivity index (χ3n) is 4.09. The third-order valence-corrected chi connectivity index (χ3v) is 4.09. The first kappa shape index (κ1) is 20.2. The van der Waals surface area contributed by atoms with Crippen LogP contribution in [0.2, 0.25) is 0 Å². The van der Waals surface area contributed by atoms with E-state index in [1.807, 2.05) is 6.92 Å². The van der Waals surface area contributed by atoms with Gasteiger partial charge in [0.25, 0.3) is 0 Å². The van der Waals surface area contributed by atoms with Gasteiger partial charge in [-0.3, -0.25) is 0 Å². The van der Waals surface area contributed by atoms with E-state index < -0.39 is 17.5 Å². The fourth-order valence-corrected chi connectivity index (χ4v) is 2.88. The molecule has 0 spiro atoms. The predicted octanol–water partition coefficient (Wildman–Crippen LogP) is 1.96. The Morgan fingerprint density at radius 2 is 1.88 bits per heavy atom. The highest BCUT2D eigenvalue weighted by Gasteiger charge is 2.19. The minimum Gasteiger partial charge on any atom is -0.478 e. The monoisotopic (exact) mass is 364 g/mol. The minimum absolute atomic E-state index is 0.158. The van der Waals surface area contributed by atoms with E-state index in [9.17, 15) is 14.7 Å². The second kappa shape index (κ2) is 8.51. The number of hydrogen-bond acceptors (Lipinski definition) is 6. The topological polar surface area (TPSA) is 88.1 Å². The van der Waals surface area contributed by atoms with E-state index in [0.717, 1.165) is 43.0 Å². The molecular formula is C19H28N2O5. The van der Waals surface area contributed by atoms with Crippen molar-refractivity contribution in [3.8, 4) is 0 Å². The maximum atomic E-state index is 11.8. The molecule has 0 unspecified atom stereocenters. The van der Waals surface area contributed by atoms with Crippen LogP contribution < -0.4 is 10.2 Å². The molecule has 0 radical (unpaired) electrons. The van der Waals surface area contributed by atoms with Crippen LogP contribution in [0.3, 0.4) is 0 Å². The summed E-state index contributed by atoms with van der Waals surface area (Å²) >= 11 is 0. The molecule has 1 aliphatic rings. The number of carbonyl (C=O) groups is 2. The standard InChI is InChI=1S/C19H28N2O5/c1-13-15(11-25-12-17(22)26-19(2,3)4)9-14(18(23)24)10-16(13)21-7-5-20-6-8-21/h9-10,20H,5-8,11-12H2,1-4H3,(H,23,24). The van der Waals surface area contributed by atoms with Gasteiger partial charge in [0.2, 0.25) is 0 Å². The summed E-state index contributed by atoms with van der Waals surface area (Å²) in [5.74, 6) is -1.42. The zero-order chi connectivity index (χ0) is 19.3. The lowest BCUT2D eigenvalue weighted by molar-refractivity contribution is -0.160. The molecule has 0 amide bonds. The lowest BCUT2D eigenvalue weighted by Gasteiger charge is -2.31. The van der Waals surface area contributed by atoms with Crippen molar-refractivity contribution in [1.29, 1.82) is 0 Å². The van der Waals surface area contributed by atoms with E-state index >= 15 is 0 Å². The van der Waals surface area contributed by atoms with Gasteiger partial charge in [0.05, 0.1) is 12.2 Å². The summed E-state index contributed by atoms with van der Waals surface area (Å²) in [7, 11) is 0. The molecule has 26 heavy (non-hydrogen) atoms. The van der Waals surface area contributed by atoms with Gasteiger partial charge in [0, 0.05) is 31.9 Å². The number of hydrogen-bond donors (Lipinski definition) is 2. The Morgan fingerprint density at radius 3 is 2.46 bits per heavy atom. The van der Waals surface area contributed by atoms with Crippen molar-refractivity contribution < 1.29 is 24.2 Å². The molecule has 2 rings (SSSR count). The van der Waals surface area contributed by atoms with Crippen LogP contribution in [0.15, 0.2) is 12.1 Å². The quantitative estimate of drug-likeness (QED) is 0.746. The lowest BCUT2D eigenvalue weighted by Crippen LogP contribution is -2.44. The maximum Gasteiger partial charge on any atom is 0.335 e. The number of anilines is 1. The Labute approximate surface area is 154 Å². The van der Waals surface area contributed by atoms with E-state index in [1.54, 1.807) is 32.9 Å². The van der Waals surface area contributed by atoms with Crippen molar-refractivity contribution in [1.82, 2.24) is 5.32 Å². The van der Waals surface area contributed by atoms with Crippen molar-refractivity contribution in [2.45, 2.75) is 39.9 Å². The molecule has 1 aromatic carbocycles. The van der Waals surface area contributed by atoms with Gasteiger partial charge >= 0.3 is 11.9 Å². The van der Waals surface area contributed by atoms with E-state index in [0.29, 0.717) is 0 Å². The SMILES string of the molecule is Cc1c(COCC(=O)OC(C)(C)C)cc(C(=O)O)cc1N1CCNCC1. The summed E-state index contributed by atoms with van der Waals surface area (Å²) in [5, 5.41) is 12.7. The summed E-state index contributed by atoms with van der Waals surface area (Å²) in [6.07, 6.45) is 0. The summed E-state index contributed by atoms with van der Waals surface area (Å²) in [4.78, 5) is 25.4. The van der Waals surface area contributed by atoms with E-state index in [1.165, 1.54) is 0 Å². The van der Waals surface area contributed by atoms with Crippen LogP contribution in [-0.4, -0.2) is 55.4 Å². The Hall–Kier alpha value is -2.12. The smallest absolute Gasteiger partial charge is 0.335 e. The molecule has 1 aromatic rings. The maximum absolute atomic E-state index is 11.8. The minimum atomic E-state index is -0.977. The normalized spacial score (nSPS) is 15.0. The Morgan fingerprint density at radius 1 is 1.23 bits per heavy atom. The molecule has 7 nitrogen and oxygen atoms in total. The number of carboxylic acids is 1. The summed E-state index contributed by atoms with van der Waals surface area (Å²) < 4.78 is 10.7. The number of ether oxygens (including phenoxy) is 2. The lowest BCUT2D eigenvalue weighted by atomic mass is 10.0. The van der Waals surface area contributed by atoms with Crippen molar-refractivity contribution in [3.05, 3.63) is 28.8 Å². The zero-order valence-corrected chi connectivity index (χ0v) is 15.9. The summed E-state index contributed by atoms with van der Waals surface area (Å²) in [6.45, 7) is 10.7. The molecule has 1 fully saturated rings. The largest absolute Gasteiger partial charge is 0.478 e. The molecule has 7 heteroatoms. The molecule has 1 saturated heterocycles. The van der Waals surface area contributed by atoms with Crippen LogP contribution in [0.4, 0.5) is 5.69 Å². The molecule has 1 heterocycles. The van der Waals surface area contributed by atoms with Crippen molar-refractivity contribution in [2.24, 2.45) is 0 Å². The van der Waals surface area contributed by atoms with Crippen LogP contribution in [0, 0.1) is 6.92 Å².